The van der Waals surface area contributed by atoms with Crippen LogP contribution in [-0.4, -0.2) is 71.4 Å². The molecule has 2 aliphatic heterocycles. The van der Waals surface area contributed by atoms with Crippen molar-refractivity contribution < 1.29 is 19.4 Å². The van der Waals surface area contributed by atoms with Crippen LogP contribution in [0, 0.1) is 11.3 Å². The van der Waals surface area contributed by atoms with Crippen LogP contribution in [0.5, 0.6) is 0 Å². The van der Waals surface area contributed by atoms with Gasteiger partial charge in [0, 0.05) is 38.3 Å². The molecule has 3 heterocycles. The number of likely N-dealkylation sites (tertiary alicyclic amines) is 1. The standard InChI is InChI=1S/C19H25N5O4/c1-13(22-19(26)27)12-28-16-6-9-24(18(16)25)15-4-7-23(8-5-15)17-3-2-14(10-20)11-21-17/h2-3,11,13,15-16,22H,4-9,12H2,1H3,(H,26,27). The number of nitrogens with one attached hydrogen (secondary N) is 1. The van der Waals surface area contributed by atoms with Gasteiger partial charge in [0.1, 0.15) is 18.0 Å². The zero-order valence-electron chi connectivity index (χ0n) is 15.9. The highest BCUT2D eigenvalue weighted by atomic mass is 16.5. The van der Waals surface area contributed by atoms with Gasteiger partial charge in [-0.2, -0.15) is 5.26 Å². The molecular weight excluding hydrogens is 362 g/mol. The Morgan fingerprint density at radius 1 is 1.39 bits per heavy atom. The average Bonchev–Trinajstić information content (AvgIpc) is 3.06. The van der Waals surface area contributed by atoms with Crippen molar-refractivity contribution in [3.8, 4) is 6.07 Å². The number of rotatable bonds is 6. The van der Waals surface area contributed by atoms with E-state index in [9.17, 15) is 9.59 Å². The summed E-state index contributed by atoms with van der Waals surface area (Å²) in [4.78, 5) is 31.7. The molecule has 0 bridgehead atoms. The van der Waals surface area contributed by atoms with Crippen molar-refractivity contribution in [3.05, 3.63) is 23.9 Å². The molecule has 2 atom stereocenters. The topological polar surface area (TPSA) is 119 Å². The van der Waals surface area contributed by atoms with Crippen molar-refractivity contribution in [1.29, 1.82) is 5.26 Å². The Balaban J connectivity index is 1.47. The Labute approximate surface area is 163 Å². The Morgan fingerprint density at radius 2 is 2.14 bits per heavy atom. The number of carbonyl (C=O) groups excluding carboxylic acids is 1. The van der Waals surface area contributed by atoms with Gasteiger partial charge in [-0.1, -0.05) is 0 Å². The van der Waals surface area contributed by atoms with E-state index >= 15 is 0 Å². The molecule has 9 nitrogen and oxygen atoms in total. The van der Waals surface area contributed by atoms with E-state index in [0.717, 1.165) is 31.7 Å². The number of anilines is 1. The summed E-state index contributed by atoms with van der Waals surface area (Å²) in [5, 5.41) is 19.9. The van der Waals surface area contributed by atoms with Crippen LogP contribution in [0.4, 0.5) is 10.6 Å². The summed E-state index contributed by atoms with van der Waals surface area (Å²) in [6, 6.07) is 5.51. The Morgan fingerprint density at radius 3 is 2.75 bits per heavy atom. The molecule has 2 fully saturated rings. The predicted molar refractivity (Wildman–Crippen MR) is 101 cm³/mol. The maximum atomic E-state index is 12.7. The summed E-state index contributed by atoms with van der Waals surface area (Å²) in [6.45, 7) is 4.17. The van der Waals surface area contributed by atoms with Crippen LogP contribution in [0.15, 0.2) is 18.3 Å². The van der Waals surface area contributed by atoms with Gasteiger partial charge in [0.15, 0.2) is 0 Å². The second-order valence-electron chi connectivity index (χ2n) is 7.23. The van der Waals surface area contributed by atoms with Gasteiger partial charge in [0.05, 0.1) is 18.2 Å². The van der Waals surface area contributed by atoms with E-state index in [0.29, 0.717) is 18.5 Å². The molecule has 1 aromatic heterocycles. The van der Waals surface area contributed by atoms with Crippen LogP contribution in [0.2, 0.25) is 0 Å². The summed E-state index contributed by atoms with van der Waals surface area (Å²) in [5.74, 6) is 0.851. The first-order valence-corrected chi connectivity index (χ1v) is 9.50. The minimum atomic E-state index is -1.10. The molecule has 0 saturated carbocycles. The number of carbonyl (C=O) groups is 2. The molecular formula is C19H25N5O4. The van der Waals surface area contributed by atoms with Crippen molar-refractivity contribution in [2.75, 3.05) is 31.1 Å². The molecule has 2 N–H and O–H groups in total. The fourth-order valence-corrected chi connectivity index (χ4v) is 3.75. The SMILES string of the molecule is CC(COC1CCN(C2CCN(c3ccc(C#N)cn3)CC2)C1=O)NC(=O)O. The maximum Gasteiger partial charge on any atom is 0.404 e. The highest BCUT2D eigenvalue weighted by Gasteiger charge is 2.38. The fourth-order valence-electron chi connectivity index (χ4n) is 3.75. The molecule has 3 rings (SSSR count). The van der Waals surface area contributed by atoms with E-state index in [-0.39, 0.29) is 24.6 Å². The molecule has 0 aliphatic carbocycles. The highest BCUT2D eigenvalue weighted by Crippen LogP contribution is 2.26. The van der Waals surface area contributed by atoms with Gasteiger partial charge >= 0.3 is 6.09 Å². The van der Waals surface area contributed by atoms with E-state index in [1.807, 2.05) is 11.0 Å². The molecule has 9 heteroatoms. The van der Waals surface area contributed by atoms with Gasteiger partial charge in [0.25, 0.3) is 5.91 Å². The molecule has 0 spiro atoms. The van der Waals surface area contributed by atoms with E-state index < -0.39 is 12.2 Å². The lowest BCUT2D eigenvalue weighted by Crippen LogP contribution is -2.47. The third-order valence-corrected chi connectivity index (χ3v) is 5.21. The average molecular weight is 387 g/mol. The van der Waals surface area contributed by atoms with Gasteiger partial charge in [-0.3, -0.25) is 4.79 Å². The zero-order valence-corrected chi connectivity index (χ0v) is 15.9. The summed E-state index contributed by atoms with van der Waals surface area (Å²) in [7, 11) is 0. The number of piperidine rings is 1. The second-order valence-corrected chi connectivity index (χ2v) is 7.23. The normalized spacial score (nSPS) is 21.4. The fraction of sp³-hybridized carbons (Fsp3) is 0.579. The first-order valence-electron chi connectivity index (χ1n) is 9.50. The maximum absolute atomic E-state index is 12.7. The molecule has 150 valence electrons. The number of hydrogen-bond donors (Lipinski definition) is 2. The minimum absolute atomic E-state index is 0.00234. The van der Waals surface area contributed by atoms with Crippen LogP contribution in [0.3, 0.4) is 0 Å². The number of carboxylic acid groups (broad SMARTS) is 1. The Kier molecular flexibility index (Phi) is 6.31. The number of amides is 2. The van der Waals surface area contributed by atoms with Crippen molar-refractivity contribution >= 4 is 17.8 Å². The summed E-state index contributed by atoms with van der Waals surface area (Å²) in [6.07, 6.45) is 2.34. The summed E-state index contributed by atoms with van der Waals surface area (Å²) >= 11 is 0. The quantitative estimate of drug-likeness (QED) is 0.753. The van der Waals surface area contributed by atoms with Crippen LogP contribution in [0.25, 0.3) is 0 Å². The summed E-state index contributed by atoms with van der Waals surface area (Å²) < 4.78 is 5.65. The van der Waals surface area contributed by atoms with Crippen molar-refractivity contribution in [2.24, 2.45) is 0 Å². The molecule has 0 radical (unpaired) electrons. The lowest BCUT2D eigenvalue weighted by molar-refractivity contribution is -0.139. The molecule has 2 amide bonds. The molecule has 0 aromatic carbocycles. The lowest BCUT2D eigenvalue weighted by atomic mass is 10.0. The lowest BCUT2D eigenvalue weighted by Gasteiger charge is -2.37. The smallest absolute Gasteiger partial charge is 0.404 e. The monoisotopic (exact) mass is 387 g/mol. The van der Waals surface area contributed by atoms with Crippen molar-refractivity contribution in [1.82, 2.24) is 15.2 Å². The third kappa shape index (κ3) is 4.70. The van der Waals surface area contributed by atoms with Gasteiger partial charge in [0.2, 0.25) is 0 Å². The van der Waals surface area contributed by atoms with Crippen LogP contribution in [-0.2, 0) is 9.53 Å². The Bertz CT molecular complexity index is 740. The van der Waals surface area contributed by atoms with E-state index in [4.69, 9.17) is 15.1 Å². The van der Waals surface area contributed by atoms with Crippen LogP contribution in [0.1, 0.15) is 31.7 Å². The molecule has 2 aliphatic rings. The predicted octanol–water partition coefficient (Wildman–Crippen LogP) is 1.20. The molecule has 2 unspecified atom stereocenters. The largest absolute Gasteiger partial charge is 0.465 e. The summed E-state index contributed by atoms with van der Waals surface area (Å²) in [5.41, 5.74) is 0.542. The number of ether oxygens (including phenoxy) is 1. The van der Waals surface area contributed by atoms with Gasteiger partial charge in [-0.25, -0.2) is 9.78 Å². The van der Waals surface area contributed by atoms with Gasteiger partial charge < -0.3 is 25.0 Å². The highest BCUT2D eigenvalue weighted by molar-refractivity contribution is 5.83. The number of hydrogen-bond acceptors (Lipinski definition) is 6. The number of nitrogens with zero attached hydrogens (tertiary/aromatic N) is 4. The van der Waals surface area contributed by atoms with Crippen molar-refractivity contribution in [3.63, 3.8) is 0 Å². The number of pyridine rings is 1. The molecule has 2 saturated heterocycles. The minimum Gasteiger partial charge on any atom is -0.465 e. The third-order valence-electron chi connectivity index (χ3n) is 5.21. The van der Waals surface area contributed by atoms with Gasteiger partial charge in [-0.15, -0.1) is 0 Å². The van der Waals surface area contributed by atoms with Crippen molar-refractivity contribution in [2.45, 2.75) is 44.4 Å². The first-order chi connectivity index (χ1) is 13.5. The zero-order chi connectivity index (χ0) is 20.1. The van der Waals surface area contributed by atoms with Crippen LogP contribution < -0.4 is 10.2 Å². The Hall–Kier alpha value is -2.86. The second kappa shape index (κ2) is 8.89. The number of aromatic nitrogens is 1. The first kappa shape index (κ1) is 19.9. The van der Waals surface area contributed by atoms with E-state index in [1.165, 1.54) is 0 Å². The molecule has 1 aromatic rings. The van der Waals surface area contributed by atoms with Crippen LogP contribution >= 0.6 is 0 Å². The van der Waals surface area contributed by atoms with E-state index in [2.05, 4.69) is 21.3 Å². The van der Waals surface area contributed by atoms with Gasteiger partial charge in [-0.05, 0) is 31.9 Å². The molecule has 28 heavy (non-hydrogen) atoms. The van der Waals surface area contributed by atoms with E-state index in [1.54, 1.807) is 19.2 Å². The number of nitriles is 1.